The Labute approximate surface area is 121 Å². The Morgan fingerprint density at radius 1 is 1.42 bits per heavy atom. The molecule has 0 aliphatic rings. The first-order valence-electron chi connectivity index (χ1n) is 6.42. The molecule has 0 aliphatic heterocycles. The van der Waals surface area contributed by atoms with Gasteiger partial charge in [0, 0.05) is 12.6 Å². The number of hydrogen-bond acceptors (Lipinski definition) is 2. The van der Waals surface area contributed by atoms with Crippen LogP contribution in [-0.2, 0) is 0 Å². The van der Waals surface area contributed by atoms with Crippen molar-refractivity contribution in [1.82, 2.24) is 4.90 Å². The van der Waals surface area contributed by atoms with Crippen LogP contribution in [0.5, 0.6) is 0 Å². The lowest BCUT2D eigenvalue weighted by molar-refractivity contribution is 0.0617. The summed E-state index contributed by atoms with van der Waals surface area (Å²) in [5.41, 5.74) is 0.0368. The lowest BCUT2D eigenvalue weighted by Gasteiger charge is -2.30. The van der Waals surface area contributed by atoms with E-state index in [0.29, 0.717) is 0 Å². The first-order valence-corrected chi connectivity index (χ1v) is 7.21. The second kappa shape index (κ2) is 7.60. The van der Waals surface area contributed by atoms with Crippen molar-refractivity contribution in [1.29, 1.82) is 0 Å². The van der Waals surface area contributed by atoms with Gasteiger partial charge in [-0.25, -0.2) is 4.39 Å². The monoisotopic (exact) mass is 331 g/mol. The Bertz CT molecular complexity index is 435. The zero-order valence-corrected chi connectivity index (χ0v) is 12.8. The minimum atomic E-state index is -0.554. The molecule has 0 radical (unpaired) electrons. The van der Waals surface area contributed by atoms with Crippen molar-refractivity contribution >= 4 is 21.8 Å². The minimum absolute atomic E-state index is 0.0121. The molecule has 1 amide bonds. The maximum Gasteiger partial charge on any atom is 0.257 e. The summed E-state index contributed by atoms with van der Waals surface area (Å²) >= 11 is 3.08. The highest BCUT2D eigenvalue weighted by molar-refractivity contribution is 9.10. The fraction of sp³-hybridized carbons (Fsp3) is 0.500. The van der Waals surface area contributed by atoms with Gasteiger partial charge in [0.2, 0.25) is 0 Å². The van der Waals surface area contributed by atoms with Crippen molar-refractivity contribution < 1.29 is 14.3 Å². The van der Waals surface area contributed by atoms with Crippen LogP contribution < -0.4 is 0 Å². The Morgan fingerprint density at radius 3 is 2.58 bits per heavy atom. The summed E-state index contributed by atoms with van der Waals surface area (Å²) in [5, 5.41) is 9.10. The molecule has 0 bridgehead atoms. The van der Waals surface area contributed by atoms with Crippen LogP contribution in [0.2, 0.25) is 0 Å². The highest BCUT2D eigenvalue weighted by Crippen LogP contribution is 2.21. The summed E-state index contributed by atoms with van der Waals surface area (Å²) in [6.45, 7) is 4.04. The number of aliphatic hydroxyl groups excluding tert-OH is 1. The second-order valence-electron chi connectivity index (χ2n) is 4.29. The Hall–Kier alpha value is -0.940. The quantitative estimate of drug-likeness (QED) is 0.869. The van der Waals surface area contributed by atoms with E-state index in [1.54, 1.807) is 17.0 Å². The van der Waals surface area contributed by atoms with Gasteiger partial charge in [-0.2, -0.15) is 0 Å². The topological polar surface area (TPSA) is 40.5 Å². The molecule has 0 aromatic heterocycles. The van der Waals surface area contributed by atoms with Crippen LogP contribution in [0.3, 0.4) is 0 Å². The highest BCUT2D eigenvalue weighted by atomic mass is 79.9. The largest absolute Gasteiger partial charge is 0.395 e. The molecule has 19 heavy (non-hydrogen) atoms. The predicted octanol–water partition coefficient (Wildman–Crippen LogP) is 3.21. The van der Waals surface area contributed by atoms with Crippen LogP contribution in [0.1, 0.15) is 37.0 Å². The van der Waals surface area contributed by atoms with Gasteiger partial charge in [0.25, 0.3) is 5.91 Å². The van der Waals surface area contributed by atoms with Crippen LogP contribution in [0.15, 0.2) is 22.7 Å². The van der Waals surface area contributed by atoms with E-state index in [4.69, 9.17) is 5.11 Å². The number of halogens is 2. The van der Waals surface area contributed by atoms with E-state index >= 15 is 0 Å². The molecule has 3 nitrogen and oxygen atoms in total. The molecule has 0 aliphatic carbocycles. The van der Waals surface area contributed by atoms with Crippen molar-refractivity contribution in [3.8, 4) is 0 Å². The third kappa shape index (κ3) is 3.76. The van der Waals surface area contributed by atoms with Gasteiger partial charge in [-0.05, 0) is 40.9 Å². The normalized spacial score (nSPS) is 10.8. The van der Waals surface area contributed by atoms with Crippen LogP contribution in [0, 0.1) is 5.82 Å². The zero-order valence-electron chi connectivity index (χ0n) is 11.2. The lowest BCUT2D eigenvalue weighted by Crippen LogP contribution is -2.42. The van der Waals surface area contributed by atoms with Crippen molar-refractivity contribution in [2.45, 2.75) is 32.7 Å². The van der Waals surface area contributed by atoms with Crippen LogP contribution in [-0.4, -0.2) is 35.1 Å². The van der Waals surface area contributed by atoms with E-state index in [-0.39, 0.29) is 35.1 Å². The van der Waals surface area contributed by atoms with E-state index in [1.807, 2.05) is 13.8 Å². The maximum atomic E-state index is 14.0. The van der Waals surface area contributed by atoms with E-state index in [1.165, 1.54) is 6.07 Å². The van der Waals surface area contributed by atoms with Crippen LogP contribution in [0.4, 0.5) is 4.39 Å². The van der Waals surface area contributed by atoms with E-state index in [0.717, 1.165) is 12.8 Å². The van der Waals surface area contributed by atoms with Crippen LogP contribution >= 0.6 is 15.9 Å². The summed E-state index contributed by atoms with van der Waals surface area (Å²) in [6, 6.07) is 4.66. The zero-order chi connectivity index (χ0) is 14.4. The summed E-state index contributed by atoms with van der Waals surface area (Å²) < 4.78 is 14.2. The lowest BCUT2D eigenvalue weighted by atomic mass is 10.1. The number of carbonyl (C=O) groups is 1. The summed E-state index contributed by atoms with van der Waals surface area (Å²) in [6.07, 6.45) is 1.55. The molecule has 0 unspecified atom stereocenters. The molecule has 0 saturated carbocycles. The van der Waals surface area contributed by atoms with Gasteiger partial charge in [0.15, 0.2) is 0 Å². The van der Waals surface area contributed by atoms with Gasteiger partial charge in [-0.15, -0.1) is 0 Å². The third-order valence-corrected chi connectivity index (χ3v) is 3.78. The van der Waals surface area contributed by atoms with Gasteiger partial charge < -0.3 is 10.0 Å². The average Bonchev–Trinajstić information content (AvgIpc) is 2.41. The number of amides is 1. The molecule has 1 rings (SSSR count). The van der Waals surface area contributed by atoms with Crippen molar-refractivity contribution in [2.24, 2.45) is 0 Å². The maximum absolute atomic E-state index is 14.0. The van der Waals surface area contributed by atoms with Gasteiger partial charge in [-0.3, -0.25) is 4.79 Å². The molecule has 0 atom stereocenters. The minimum Gasteiger partial charge on any atom is -0.395 e. The molecule has 0 saturated heterocycles. The number of aliphatic hydroxyl groups is 1. The van der Waals surface area contributed by atoms with Gasteiger partial charge in [0.05, 0.1) is 16.6 Å². The third-order valence-electron chi connectivity index (χ3n) is 3.17. The molecule has 5 heteroatoms. The molecular weight excluding hydrogens is 313 g/mol. The first-order chi connectivity index (χ1) is 9.06. The van der Waals surface area contributed by atoms with E-state index in [9.17, 15) is 9.18 Å². The van der Waals surface area contributed by atoms with E-state index in [2.05, 4.69) is 15.9 Å². The van der Waals surface area contributed by atoms with Crippen molar-refractivity contribution in [3.63, 3.8) is 0 Å². The Kier molecular flexibility index (Phi) is 6.45. The smallest absolute Gasteiger partial charge is 0.257 e. The summed E-state index contributed by atoms with van der Waals surface area (Å²) in [5.74, 6) is -0.928. The molecule has 0 spiro atoms. The fourth-order valence-corrected chi connectivity index (χ4v) is 2.48. The van der Waals surface area contributed by atoms with Crippen LogP contribution in [0.25, 0.3) is 0 Å². The van der Waals surface area contributed by atoms with Gasteiger partial charge >= 0.3 is 0 Å². The Morgan fingerprint density at radius 2 is 2.05 bits per heavy atom. The number of carbonyl (C=O) groups excluding carboxylic acids is 1. The molecular formula is C14H19BrFNO2. The van der Waals surface area contributed by atoms with Crippen molar-refractivity contribution in [2.75, 3.05) is 13.2 Å². The summed E-state index contributed by atoms with van der Waals surface area (Å²) in [4.78, 5) is 14.0. The number of nitrogens with zero attached hydrogens (tertiary/aromatic N) is 1. The molecule has 1 aromatic carbocycles. The molecule has 0 heterocycles. The Balaban J connectivity index is 3.08. The first kappa shape index (κ1) is 16.1. The van der Waals surface area contributed by atoms with Gasteiger partial charge in [0.1, 0.15) is 5.82 Å². The molecule has 1 aromatic rings. The predicted molar refractivity (Wildman–Crippen MR) is 76.6 cm³/mol. The molecule has 0 fully saturated rings. The molecule has 106 valence electrons. The second-order valence-corrected chi connectivity index (χ2v) is 5.15. The van der Waals surface area contributed by atoms with Crippen molar-refractivity contribution in [3.05, 3.63) is 34.1 Å². The highest BCUT2D eigenvalue weighted by Gasteiger charge is 2.24. The fourth-order valence-electron chi connectivity index (χ4n) is 2.11. The van der Waals surface area contributed by atoms with E-state index < -0.39 is 5.82 Å². The summed E-state index contributed by atoms with van der Waals surface area (Å²) in [7, 11) is 0. The number of benzene rings is 1. The standard InChI is InChI=1S/C14H19BrFNO2/c1-3-10(4-2)17(8-9-18)14(19)11-6-5-7-12(15)13(11)16/h5-7,10,18H,3-4,8-9H2,1-2H3. The molecule has 1 N–H and O–H groups in total. The number of rotatable bonds is 6. The SMILES string of the molecule is CCC(CC)N(CCO)C(=O)c1cccc(Br)c1F. The number of hydrogen-bond donors (Lipinski definition) is 1. The average molecular weight is 332 g/mol. The van der Waals surface area contributed by atoms with Gasteiger partial charge in [-0.1, -0.05) is 19.9 Å².